The van der Waals surface area contributed by atoms with Crippen LogP contribution in [0.15, 0.2) is 0 Å². The first kappa shape index (κ1) is 9.98. The Hall–Kier alpha value is -1.10. The highest BCUT2D eigenvalue weighted by Crippen LogP contribution is 2.21. The molecule has 1 aliphatic rings. The molecule has 1 rings (SSSR count). The highest BCUT2D eigenvalue weighted by atomic mass is 16.2. The molecule has 74 valence electrons. The number of rotatable bonds is 4. The maximum Gasteiger partial charge on any atom is 0.234 e. The molecule has 2 atom stereocenters. The van der Waals surface area contributed by atoms with E-state index in [0.29, 0.717) is 6.42 Å². The summed E-state index contributed by atoms with van der Waals surface area (Å²) in [5.41, 5.74) is 10.3. The molecule has 0 saturated carbocycles. The summed E-state index contributed by atoms with van der Waals surface area (Å²) in [5, 5.41) is 0. The van der Waals surface area contributed by atoms with E-state index >= 15 is 0 Å². The fourth-order valence-corrected chi connectivity index (χ4v) is 1.69. The van der Waals surface area contributed by atoms with Gasteiger partial charge in [0.25, 0.3) is 0 Å². The van der Waals surface area contributed by atoms with Gasteiger partial charge in [0.15, 0.2) is 0 Å². The van der Waals surface area contributed by atoms with Crippen LogP contribution in [-0.4, -0.2) is 35.3 Å². The van der Waals surface area contributed by atoms with Crippen molar-refractivity contribution in [3.8, 4) is 0 Å². The second kappa shape index (κ2) is 3.74. The Labute approximate surface area is 77.1 Å². The lowest BCUT2D eigenvalue weighted by atomic mass is 9.97. The van der Waals surface area contributed by atoms with E-state index in [1.807, 2.05) is 6.92 Å². The van der Waals surface area contributed by atoms with E-state index in [9.17, 15) is 9.59 Å². The Kier molecular flexibility index (Phi) is 2.87. The summed E-state index contributed by atoms with van der Waals surface area (Å²) in [4.78, 5) is 23.6. The number of hydrogen-bond acceptors (Lipinski definition) is 3. The Morgan fingerprint density at radius 3 is 2.38 bits per heavy atom. The molecule has 0 aromatic carbocycles. The van der Waals surface area contributed by atoms with Crippen molar-refractivity contribution in [3.05, 3.63) is 0 Å². The molecule has 5 heteroatoms. The lowest BCUT2D eigenvalue weighted by Crippen LogP contribution is -2.61. The summed E-state index contributed by atoms with van der Waals surface area (Å²) in [6, 6.07) is -0.635. The van der Waals surface area contributed by atoms with Gasteiger partial charge in [0.2, 0.25) is 11.8 Å². The molecule has 13 heavy (non-hydrogen) atoms. The maximum absolute atomic E-state index is 11.0. The Morgan fingerprint density at radius 1 is 1.54 bits per heavy atom. The molecule has 1 saturated heterocycles. The molecule has 0 aliphatic carbocycles. The summed E-state index contributed by atoms with van der Waals surface area (Å²) in [7, 11) is 0. The topological polar surface area (TPSA) is 89.4 Å². The molecule has 1 fully saturated rings. The first-order valence-corrected chi connectivity index (χ1v) is 4.42. The molecule has 1 aliphatic heterocycles. The Morgan fingerprint density at radius 2 is 2.15 bits per heavy atom. The summed E-state index contributed by atoms with van der Waals surface area (Å²) in [6.45, 7) is 2.60. The number of likely N-dealkylation sites (tertiary alicyclic amines) is 1. The number of amides is 2. The smallest absolute Gasteiger partial charge is 0.234 e. The Bertz CT molecular complexity index is 229. The van der Waals surface area contributed by atoms with Gasteiger partial charge in [0.05, 0.1) is 12.1 Å². The third-order valence-electron chi connectivity index (χ3n) is 2.50. The van der Waals surface area contributed by atoms with Crippen LogP contribution in [0.1, 0.15) is 19.8 Å². The molecule has 0 aromatic rings. The quantitative estimate of drug-likeness (QED) is 0.577. The van der Waals surface area contributed by atoms with Crippen molar-refractivity contribution in [2.24, 2.45) is 11.5 Å². The van der Waals surface area contributed by atoms with E-state index in [0.717, 1.165) is 13.0 Å². The van der Waals surface area contributed by atoms with E-state index in [4.69, 9.17) is 11.5 Å². The van der Waals surface area contributed by atoms with Crippen LogP contribution >= 0.6 is 0 Å². The largest absolute Gasteiger partial charge is 0.368 e. The van der Waals surface area contributed by atoms with Crippen LogP contribution in [0.4, 0.5) is 0 Å². The minimum Gasteiger partial charge on any atom is -0.368 e. The van der Waals surface area contributed by atoms with Crippen molar-refractivity contribution in [1.82, 2.24) is 4.90 Å². The molecule has 2 unspecified atom stereocenters. The minimum absolute atomic E-state index is 0.294. The van der Waals surface area contributed by atoms with Crippen LogP contribution in [0.5, 0.6) is 0 Å². The first-order valence-electron chi connectivity index (χ1n) is 4.42. The lowest BCUT2D eigenvalue weighted by Gasteiger charge is -2.42. The molecule has 0 aromatic heterocycles. The predicted molar refractivity (Wildman–Crippen MR) is 47.6 cm³/mol. The minimum atomic E-state index is -0.381. The molecule has 0 spiro atoms. The second-order valence-electron chi connectivity index (χ2n) is 3.27. The van der Waals surface area contributed by atoms with Crippen LogP contribution in [0.2, 0.25) is 0 Å². The zero-order valence-corrected chi connectivity index (χ0v) is 7.69. The first-order chi connectivity index (χ1) is 6.07. The predicted octanol–water partition coefficient (Wildman–Crippen LogP) is -1.19. The molecular formula is C8H15N3O2. The van der Waals surface area contributed by atoms with Gasteiger partial charge in [-0.1, -0.05) is 6.92 Å². The van der Waals surface area contributed by atoms with E-state index < -0.39 is 0 Å². The molecule has 4 N–H and O–H groups in total. The highest BCUT2D eigenvalue weighted by Gasteiger charge is 2.38. The van der Waals surface area contributed by atoms with Crippen molar-refractivity contribution in [2.75, 3.05) is 6.54 Å². The van der Waals surface area contributed by atoms with E-state index in [2.05, 4.69) is 0 Å². The number of carbonyl (C=O) groups is 2. The number of carbonyl (C=O) groups excluding carboxylic acids is 2. The average Bonchev–Trinajstić information content (AvgIpc) is 1.95. The monoisotopic (exact) mass is 185 g/mol. The zero-order chi connectivity index (χ0) is 10.0. The van der Waals surface area contributed by atoms with Gasteiger partial charge in [0.1, 0.15) is 0 Å². The van der Waals surface area contributed by atoms with Gasteiger partial charge >= 0.3 is 0 Å². The number of primary amides is 2. The summed E-state index contributed by atoms with van der Waals surface area (Å²) >= 11 is 0. The molecule has 0 radical (unpaired) electrons. The van der Waals surface area contributed by atoms with Gasteiger partial charge in [-0.25, -0.2) is 0 Å². The number of hydrogen-bond donors (Lipinski definition) is 2. The van der Waals surface area contributed by atoms with Gasteiger partial charge in [-0.2, -0.15) is 0 Å². The standard InChI is InChI=1S/C8H15N3O2/c1-2-5(7(9)12)11-4-3-6(11)8(10)13/h5-6H,2-4H2,1H3,(H2,9,12)(H2,10,13). The molecular weight excluding hydrogens is 170 g/mol. The van der Waals surface area contributed by atoms with E-state index in [-0.39, 0.29) is 23.9 Å². The molecule has 5 nitrogen and oxygen atoms in total. The van der Waals surface area contributed by atoms with Gasteiger partial charge in [-0.15, -0.1) is 0 Å². The van der Waals surface area contributed by atoms with Crippen molar-refractivity contribution in [2.45, 2.75) is 31.8 Å². The van der Waals surface area contributed by atoms with E-state index in [1.165, 1.54) is 0 Å². The molecule has 2 amide bonds. The average molecular weight is 185 g/mol. The summed E-state index contributed by atoms with van der Waals surface area (Å²) < 4.78 is 0. The number of nitrogens with zero attached hydrogens (tertiary/aromatic N) is 1. The van der Waals surface area contributed by atoms with Crippen molar-refractivity contribution in [1.29, 1.82) is 0 Å². The fraction of sp³-hybridized carbons (Fsp3) is 0.750. The normalized spacial score (nSPS) is 24.8. The number of nitrogens with two attached hydrogens (primary N) is 2. The van der Waals surface area contributed by atoms with Crippen LogP contribution in [0.25, 0.3) is 0 Å². The summed E-state index contributed by atoms with van der Waals surface area (Å²) in [6.07, 6.45) is 1.36. The highest BCUT2D eigenvalue weighted by molar-refractivity contribution is 5.84. The van der Waals surface area contributed by atoms with Gasteiger partial charge < -0.3 is 11.5 Å². The van der Waals surface area contributed by atoms with Crippen LogP contribution in [0, 0.1) is 0 Å². The second-order valence-corrected chi connectivity index (χ2v) is 3.27. The van der Waals surface area contributed by atoms with Gasteiger partial charge in [0, 0.05) is 6.54 Å². The third-order valence-corrected chi connectivity index (χ3v) is 2.50. The van der Waals surface area contributed by atoms with Crippen molar-refractivity contribution in [3.63, 3.8) is 0 Å². The third kappa shape index (κ3) is 1.80. The summed E-state index contributed by atoms with van der Waals surface area (Å²) in [5.74, 6) is -0.751. The van der Waals surface area contributed by atoms with Crippen LogP contribution in [-0.2, 0) is 9.59 Å². The van der Waals surface area contributed by atoms with Gasteiger partial charge in [-0.05, 0) is 12.8 Å². The maximum atomic E-state index is 11.0. The molecule has 0 bridgehead atoms. The molecule has 1 heterocycles. The lowest BCUT2D eigenvalue weighted by molar-refractivity contribution is -0.135. The SMILES string of the molecule is CCC(C(N)=O)N1CCC1C(N)=O. The van der Waals surface area contributed by atoms with Crippen LogP contribution in [0.3, 0.4) is 0 Å². The van der Waals surface area contributed by atoms with Crippen LogP contribution < -0.4 is 11.5 Å². The van der Waals surface area contributed by atoms with Crippen molar-refractivity contribution >= 4 is 11.8 Å². The van der Waals surface area contributed by atoms with Crippen molar-refractivity contribution < 1.29 is 9.59 Å². The fourth-order valence-electron chi connectivity index (χ4n) is 1.69. The zero-order valence-electron chi connectivity index (χ0n) is 7.69. The van der Waals surface area contributed by atoms with Gasteiger partial charge in [-0.3, -0.25) is 14.5 Å². The Balaban J connectivity index is 2.60. The van der Waals surface area contributed by atoms with E-state index in [1.54, 1.807) is 4.90 Å².